The Morgan fingerprint density at radius 3 is 2.21 bits per heavy atom. The molecular weight excluding hydrogens is 453 g/mol. The van der Waals surface area contributed by atoms with E-state index in [-0.39, 0.29) is 17.1 Å². The van der Waals surface area contributed by atoms with E-state index in [2.05, 4.69) is 10.2 Å². The summed E-state index contributed by atoms with van der Waals surface area (Å²) in [5, 5.41) is 2.76. The third-order valence-electron chi connectivity index (χ3n) is 5.89. The maximum atomic E-state index is 14.5. The number of carbonyl (C=O) groups is 1. The number of hydrogen-bond donors (Lipinski definition) is 1. The first-order valence-electron chi connectivity index (χ1n) is 11.4. The van der Waals surface area contributed by atoms with Crippen molar-refractivity contribution in [1.82, 2.24) is 5.32 Å². The Hall–Kier alpha value is -3.39. The summed E-state index contributed by atoms with van der Waals surface area (Å²) in [5.41, 5.74) is 1.89. The number of halogens is 1. The molecule has 3 aromatic carbocycles. The smallest absolute Gasteiger partial charge is 0.264 e. The first-order valence-corrected chi connectivity index (χ1v) is 12.8. The number of sulfonamides is 1. The van der Waals surface area contributed by atoms with E-state index in [0.29, 0.717) is 0 Å². The molecule has 0 radical (unpaired) electrons. The standard InChI is InChI=1S/C26H28FN3O3S/c27-24-11-5-6-12-25(24)30(34(32,33)23-9-3-1-4-10-23)20-26(31)28-19-21-13-15-22(16-14-21)29-17-7-2-8-18-29/h1,3-6,9-16H,2,7-8,17-20H2,(H,28,31). The van der Waals surface area contributed by atoms with Gasteiger partial charge in [-0.1, -0.05) is 42.5 Å². The summed E-state index contributed by atoms with van der Waals surface area (Å²) < 4.78 is 41.9. The van der Waals surface area contributed by atoms with Crippen LogP contribution in [0, 0.1) is 5.82 Å². The second-order valence-corrected chi connectivity index (χ2v) is 10.1. The van der Waals surface area contributed by atoms with Crippen molar-refractivity contribution in [2.45, 2.75) is 30.7 Å². The van der Waals surface area contributed by atoms with Gasteiger partial charge in [0.1, 0.15) is 12.4 Å². The SMILES string of the molecule is O=C(CN(c1ccccc1F)S(=O)(=O)c1ccccc1)NCc1ccc(N2CCCCC2)cc1. The topological polar surface area (TPSA) is 69.7 Å². The van der Waals surface area contributed by atoms with Crippen molar-refractivity contribution < 1.29 is 17.6 Å². The highest BCUT2D eigenvalue weighted by atomic mass is 32.2. The van der Waals surface area contributed by atoms with Crippen LogP contribution in [0.1, 0.15) is 24.8 Å². The molecule has 8 heteroatoms. The van der Waals surface area contributed by atoms with E-state index in [1.165, 1.54) is 55.7 Å². The molecule has 6 nitrogen and oxygen atoms in total. The predicted molar refractivity (Wildman–Crippen MR) is 132 cm³/mol. The van der Waals surface area contributed by atoms with Crippen LogP contribution in [0.5, 0.6) is 0 Å². The minimum atomic E-state index is -4.15. The van der Waals surface area contributed by atoms with Crippen molar-refractivity contribution in [2.24, 2.45) is 0 Å². The van der Waals surface area contributed by atoms with Crippen LogP contribution in [-0.4, -0.2) is 34.0 Å². The average Bonchev–Trinajstić information content (AvgIpc) is 2.88. The lowest BCUT2D eigenvalue weighted by Crippen LogP contribution is -2.41. The minimum Gasteiger partial charge on any atom is -0.372 e. The number of benzene rings is 3. The Morgan fingerprint density at radius 2 is 1.53 bits per heavy atom. The lowest BCUT2D eigenvalue weighted by Gasteiger charge is -2.28. The van der Waals surface area contributed by atoms with Gasteiger partial charge in [0.2, 0.25) is 5.91 Å². The van der Waals surface area contributed by atoms with Gasteiger partial charge in [-0.15, -0.1) is 0 Å². The van der Waals surface area contributed by atoms with Gasteiger partial charge in [-0.3, -0.25) is 9.10 Å². The average molecular weight is 482 g/mol. The fraction of sp³-hybridized carbons (Fsp3) is 0.269. The molecule has 0 bridgehead atoms. The van der Waals surface area contributed by atoms with Crippen molar-refractivity contribution in [1.29, 1.82) is 0 Å². The molecule has 1 N–H and O–H groups in total. The molecule has 3 aromatic rings. The molecular formula is C26H28FN3O3S. The summed E-state index contributed by atoms with van der Waals surface area (Å²) >= 11 is 0. The number of carbonyl (C=O) groups excluding carboxylic acids is 1. The molecule has 34 heavy (non-hydrogen) atoms. The van der Waals surface area contributed by atoms with E-state index in [9.17, 15) is 17.6 Å². The molecule has 0 atom stereocenters. The van der Waals surface area contributed by atoms with E-state index < -0.39 is 28.3 Å². The number of anilines is 2. The van der Waals surface area contributed by atoms with Crippen molar-refractivity contribution in [2.75, 3.05) is 28.8 Å². The molecule has 0 spiro atoms. The summed E-state index contributed by atoms with van der Waals surface area (Å²) in [7, 11) is -4.15. The number of nitrogens with one attached hydrogen (secondary N) is 1. The second-order valence-electron chi connectivity index (χ2n) is 8.27. The van der Waals surface area contributed by atoms with Crippen LogP contribution in [0.25, 0.3) is 0 Å². The Morgan fingerprint density at radius 1 is 0.882 bits per heavy atom. The van der Waals surface area contributed by atoms with Gasteiger partial charge in [-0.2, -0.15) is 0 Å². The number of para-hydroxylation sites is 1. The number of nitrogens with zero attached hydrogens (tertiary/aromatic N) is 2. The number of piperidine rings is 1. The quantitative estimate of drug-likeness (QED) is 0.520. The van der Waals surface area contributed by atoms with Gasteiger partial charge < -0.3 is 10.2 Å². The van der Waals surface area contributed by atoms with Gasteiger partial charge >= 0.3 is 0 Å². The van der Waals surface area contributed by atoms with Gasteiger partial charge in [0.15, 0.2) is 0 Å². The minimum absolute atomic E-state index is 0.0145. The molecule has 0 unspecified atom stereocenters. The number of hydrogen-bond acceptors (Lipinski definition) is 4. The van der Waals surface area contributed by atoms with Gasteiger partial charge in [0.25, 0.3) is 10.0 Å². The molecule has 1 heterocycles. The van der Waals surface area contributed by atoms with Gasteiger partial charge in [-0.25, -0.2) is 12.8 Å². The van der Waals surface area contributed by atoms with Crippen molar-refractivity contribution >= 4 is 27.3 Å². The Kier molecular flexibility index (Phi) is 7.47. The first kappa shape index (κ1) is 23.8. The summed E-state index contributed by atoms with van der Waals surface area (Å²) in [4.78, 5) is 15.1. The molecule has 0 aromatic heterocycles. The molecule has 1 aliphatic heterocycles. The zero-order chi connectivity index (χ0) is 24.0. The van der Waals surface area contributed by atoms with Crippen LogP contribution < -0.4 is 14.5 Å². The molecule has 1 saturated heterocycles. The largest absolute Gasteiger partial charge is 0.372 e. The molecule has 178 valence electrons. The summed E-state index contributed by atoms with van der Waals surface area (Å²) in [6.07, 6.45) is 3.66. The van der Waals surface area contributed by atoms with Gasteiger partial charge in [-0.05, 0) is 61.2 Å². The Balaban J connectivity index is 1.46. The lowest BCUT2D eigenvalue weighted by atomic mass is 10.1. The van der Waals surface area contributed by atoms with Crippen LogP contribution in [0.2, 0.25) is 0 Å². The summed E-state index contributed by atoms with van der Waals surface area (Å²) in [6.45, 7) is 1.81. The van der Waals surface area contributed by atoms with Crippen LogP contribution in [0.15, 0.2) is 83.8 Å². The van der Waals surface area contributed by atoms with Gasteiger partial charge in [0, 0.05) is 25.3 Å². The maximum absolute atomic E-state index is 14.5. The van der Waals surface area contributed by atoms with Crippen LogP contribution in [0.3, 0.4) is 0 Å². The van der Waals surface area contributed by atoms with E-state index in [0.717, 1.165) is 28.6 Å². The molecule has 1 aliphatic rings. The predicted octanol–water partition coefficient (Wildman–Crippen LogP) is 4.33. The number of rotatable bonds is 8. The highest BCUT2D eigenvalue weighted by Crippen LogP contribution is 2.26. The summed E-state index contributed by atoms with van der Waals surface area (Å²) in [6, 6.07) is 21.2. The zero-order valence-corrected chi connectivity index (χ0v) is 19.7. The van der Waals surface area contributed by atoms with E-state index in [4.69, 9.17) is 0 Å². The normalized spacial score (nSPS) is 14.0. The first-order chi connectivity index (χ1) is 16.4. The van der Waals surface area contributed by atoms with Crippen LogP contribution in [-0.2, 0) is 21.4 Å². The fourth-order valence-corrected chi connectivity index (χ4v) is 5.49. The van der Waals surface area contributed by atoms with E-state index in [1.807, 2.05) is 24.3 Å². The third-order valence-corrected chi connectivity index (χ3v) is 7.66. The zero-order valence-electron chi connectivity index (χ0n) is 18.9. The third kappa shape index (κ3) is 5.56. The van der Waals surface area contributed by atoms with Crippen LogP contribution >= 0.6 is 0 Å². The highest BCUT2D eigenvalue weighted by molar-refractivity contribution is 7.92. The van der Waals surface area contributed by atoms with Crippen molar-refractivity contribution in [3.8, 4) is 0 Å². The maximum Gasteiger partial charge on any atom is 0.264 e. The van der Waals surface area contributed by atoms with Crippen molar-refractivity contribution in [3.05, 3.63) is 90.2 Å². The second kappa shape index (κ2) is 10.7. The fourth-order valence-electron chi connectivity index (χ4n) is 4.04. The Bertz CT molecular complexity index is 1210. The number of amides is 1. The van der Waals surface area contributed by atoms with E-state index >= 15 is 0 Å². The van der Waals surface area contributed by atoms with Crippen molar-refractivity contribution in [3.63, 3.8) is 0 Å². The van der Waals surface area contributed by atoms with Gasteiger partial charge in [0.05, 0.1) is 10.6 Å². The lowest BCUT2D eigenvalue weighted by molar-refractivity contribution is -0.119. The molecule has 1 fully saturated rings. The molecule has 4 rings (SSSR count). The monoisotopic (exact) mass is 481 g/mol. The van der Waals surface area contributed by atoms with Crippen LogP contribution in [0.4, 0.5) is 15.8 Å². The molecule has 0 saturated carbocycles. The highest BCUT2D eigenvalue weighted by Gasteiger charge is 2.28. The van der Waals surface area contributed by atoms with E-state index in [1.54, 1.807) is 18.2 Å². The summed E-state index contributed by atoms with van der Waals surface area (Å²) in [5.74, 6) is -1.24. The Labute approximate surface area is 200 Å². The molecule has 0 aliphatic carbocycles. The molecule has 1 amide bonds.